The van der Waals surface area contributed by atoms with Gasteiger partial charge in [0.25, 0.3) is 0 Å². The van der Waals surface area contributed by atoms with E-state index in [-0.39, 0.29) is 17.2 Å². The highest BCUT2D eigenvalue weighted by molar-refractivity contribution is 6.06. The summed E-state index contributed by atoms with van der Waals surface area (Å²) in [4.78, 5) is 30.4. The fourth-order valence-electron chi connectivity index (χ4n) is 4.62. The van der Waals surface area contributed by atoms with Gasteiger partial charge in [0.15, 0.2) is 11.9 Å². The second-order valence-corrected chi connectivity index (χ2v) is 9.34. The molecule has 0 spiro atoms. The number of pyridine rings is 1. The lowest BCUT2D eigenvalue weighted by atomic mass is 9.70. The van der Waals surface area contributed by atoms with Crippen LogP contribution in [0.4, 0.5) is 0 Å². The van der Waals surface area contributed by atoms with Gasteiger partial charge in [0.1, 0.15) is 0 Å². The Morgan fingerprint density at radius 1 is 1.11 bits per heavy atom. The molecule has 4 rings (SSSR count). The van der Waals surface area contributed by atoms with Crippen molar-refractivity contribution in [2.75, 3.05) is 0 Å². The number of Topliss-reactive ketones (excluding diaryl/α,β-unsaturated/α-hetero) is 1. The number of aryl methyl sites for hydroxylation is 1. The van der Waals surface area contributed by atoms with E-state index < -0.39 is 6.10 Å². The number of carbonyl (C=O) groups is 2. The third kappa shape index (κ3) is 3.57. The Kier molecular flexibility index (Phi) is 4.98. The van der Waals surface area contributed by atoms with Gasteiger partial charge in [0.2, 0.25) is 0 Å². The lowest BCUT2D eigenvalue weighted by Gasteiger charge is -2.35. The minimum absolute atomic E-state index is 0.0550. The summed E-state index contributed by atoms with van der Waals surface area (Å²) in [5.41, 5.74) is 3.67. The van der Waals surface area contributed by atoms with E-state index in [2.05, 4.69) is 20.8 Å². The predicted octanol–water partition coefficient (Wildman–Crippen LogP) is 5.05. The van der Waals surface area contributed by atoms with Crippen molar-refractivity contribution in [2.45, 2.75) is 71.8 Å². The molecule has 1 heterocycles. The first-order valence-electron chi connectivity index (χ1n) is 10.5. The van der Waals surface area contributed by atoms with E-state index in [0.29, 0.717) is 24.3 Å². The van der Waals surface area contributed by atoms with Gasteiger partial charge in [0.05, 0.1) is 11.1 Å². The standard InChI is InChI=1S/C24H29NO3/c1-24(2,3)15-12-13-19-17(14-15)22(16-8-4-5-9-18(16)25-19)23(27)28-21-11-7-6-10-20(21)26/h4-5,8-9,15,21H,6-7,10-14H2,1-3H3. The lowest BCUT2D eigenvalue weighted by Crippen LogP contribution is -2.32. The molecule has 1 fully saturated rings. The van der Waals surface area contributed by atoms with Crippen molar-refractivity contribution < 1.29 is 14.3 Å². The number of nitrogens with zero attached hydrogens (tertiary/aromatic N) is 1. The number of hydrogen-bond acceptors (Lipinski definition) is 4. The summed E-state index contributed by atoms with van der Waals surface area (Å²) in [6.45, 7) is 6.78. The van der Waals surface area contributed by atoms with Crippen molar-refractivity contribution in [3.05, 3.63) is 41.1 Å². The summed E-state index contributed by atoms with van der Waals surface area (Å²) in [6, 6.07) is 7.78. The average molecular weight is 380 g/mol. The highest BCUT2D eigenvalue weighted by Gasteiger charge is 2.34. The molecule has 28 heavy (non-hydrogen) atoms. The maximum atomic E-state index is 13.3. The Morgan fingerprint density at radius 2 is 1.89 bits per heavy atom. The van der Waals surface area contributed by atoms with Crippen molar-refractivity contribution in [3.8, 4) is 0 Å². The Labute approximate surface area is 166 Å². The Morgan fingerprint density at radius 3 is 2.64 bits per heavy atom. The van der Waals surface area contributed by atoms with Gasteiger partial charge in [-0.1, -0.05) is 39.0 Å². The highest BCUT2D eigenvalue weighted by atomic mass is 16.5. The van der Waals surface area contributed by atoms with Crippen LogP contribution < -0.4 is 0 Å². The largest absolute Gasteiger partial charge is 0.451 e. The molecule has 2 aliphatic carbocycles. The molecular formula is C24H29NO3. The van der Waals surface area contributed by atoms with Crippen LogP contribution in [0.2, 0.25) is 0 Å². The zero-order valence-corrected chi connectivity index (χ0v) is 17.1. The first-order valence-corrected chi connectivity index (χ1v) is 10.5. The molecule has 0 radical (unpaired) electrons. The third-order valence-corrected chi connectivity index (χ3v) is 6.44. The monoisotopic (exact) mass is 379 g/mol. The molecule has 0 aliphatic heterocycles. The molecular weight excluding hydrogens is 350 g/mol. The molecule has 2 aromatic rings. The summed E-state index contributed by atoms with van der Waals surface area (Å²) in [7, 11) is 0. The molecule has 1 saturated carbocycles. The van der Waals surface area contributed by atoms with Gasteiger partial charge in [-0.25, -0.2) is 4.79 Å². The maximum absolute atomic E-state index is 13.3. The molecule has 1 aromatic heterocycles. The van der Waals surface area contributed by atoms with E-state index in [0.717, 1.165) is 54.3 Å². The van der Waals surface area contributed by atoms with Crippen molar-refractivity contribution in [2.24, 2.45) is 11.3 Å². The Bertz CT molecular complexity index is 925. The molecule has 2 atom stereocenters. The van der Waals surface area contributed by atoms with E-state index in [1.54, 1.807) is 0 Å². The summed E-state index contributed by atoms with van der Waals surface area (Å²) >= 11 is 0. The van der Waals surface area contributed by atoms with Gasteiger partial charge in [-0.3, -0.25) is 9.78 Å². The molecule has 2 unspecified atom stereocenters. The smallest absolute Gasteiger partial charge is 0.339 e. The number of hydrogen-bond donors (Lipinski definition) is 0. The zero-order valence-electron chi connectivity index (χ0n) is 17.1. The van der Waals surface area contributed by atoms with Crippen LogP contribution in [0.25, 0.3) is 10.9 Å². The van der Waals surface area contributed by atoms with Crippen LogP contribution in [0.5, 0.6) is 0 Å². The first kappa shape index (κ1) is 19.1. The number of esters is 1. The fraction of sp³-hybridized carbons (Fsp3) is 0.542. The van der Waals surface area contributed by atoms with Gasteiger partial charge >= 0.3 is 5.97 Å². The summed E-state index contributed by atoms with van der Waals surface area (Å²) < 4.78 is 5.77. The third-order valence-electron chi connectivity index (χ3n) is 6.44. The maximum Gasteiger partial charge on any atom is 0.339 e. The van der Waals surface area contributed by atoms with E-state index in [1.807, 2.05) is 24.3 Å². The van der Waals surface area contributed by atoms with Crippen molar-refractivity contribution >= 4 is 22.7 Å². The molecule has 0 N–H and O–H groups in total. The number of benzene rings is 1. The number of carbonyl (C=O) groups excluding carboxylic acids is 2. The van der Waals surface area contributed by atoms with Crippen LogP contribution in [0.3, 0.4) is 0 Å². The Hall–Kier alpha value is -2.23. The van der Waals surface area contributed by atoms with E-state index >= 15 is 0 Å². The summed E-state index contributed by atoms with van der Waals surface area (Å²) in [5, 5.41) is 0.837. The van der Waals surface area contributed by atoms with E-state index in [1.165, 1.54) is 0 Å². The average Bonchev–Trinajstić information content (AvgIpc) is 2.66. The van der Waals surface area contributed by atoms with E-state index in [4.69, 9.17) is 9.72 Å². The molecule has 0 amide bonds. The van der Waals surface area contributed by atoms with Gasteiger partial charge in [-0.15, -0.1) is 0 Å². The second kappa shape index (κ2) is 7.31. The quantitative estimate of drug-likeness (QED) is 0.685. The van der Waals surface area contributed by atoms with Gasteiger partial charge < -0.3 is 4.74 Å². The fourth-order valence-corrected chi connectivity index (χ4v) is 4.62. The highest BCUT2D eigenvalue weighted by Crippen LogP contribution is 2.39. The number of rotatable bonds is 2. The number of para-hydroxylation sites is 1. The number of aromatic nitrogens is 1. The van der Waals surface area contributed by atoms with E-state index in [9.17, 15) is 9.59 Å². The summed E-state index contributed by atoms with van der Waals surface area (Å²) in [5.74, 6) is 0.190. The summed E-state index contributed by atoms with van der Waals surface area (Å²) in [6.07, 6.45) is 5.19. The normalized spacial score (nSPS) is 22.8. The number of ether oxygens (including phenoxy) is 1. The molecule has 4 nitrogen and oxygen atoms in total. The second-order valence-electron chi connectivity index (χ2n) is 9.34. The number of ketones is 1. The van der Waals surface area contributed by atoms with Crippen LogP contribution in [0.1, 0.15) is 74.5 Å². The SMILES string of the molecule is CC(C)(C)C1CCc2nc3ccccc3c(C(=O)OC3CCCCC3=O)c2C1. The van der Waals surface area contributed by atoms with Crippen molar-refractivity contribution in [1.82, 2.24) is 4.98 Å². The minimum atomic E-state index is -0.592. The van der Waals surface area contributed by atoms with Crippen LogP contribution in [-0.4, -0.2) is 22.8 Å². The Balaban J connectivity index is 1.77. The first-order chi connectivity index (χ1) is 13.3. The topological polar surface area (TPSA) is 56.3 Å². The molecule has 1 aromatic carbocycles. The molecule has 0 saturated heterocycles. The van der Waals surface area contributed by atoms with Crippen molar-refractivity contribution in [3.63, 3.8) is 0 Å². The van der Waals surface area contributed by atoms with Gasteiger partial charge in [-0.2, -0.15) is 0 Å². The van der Waals surface area contributed by atoms with Gasteiger partial charge in [-0.05, 0) is 61.5 Å². The van der Waals surface area contributed by atoms with Crippen LogP contribution in [-0.2, 0) is 22.4 Å². The van der Waals surface area contributed by atoms with Gasteiger partial charge in [0, 0.05) is 17.5 Å². The zero-order chi connectivity index (χ0) is 19.9. The van der Waals surface area contributed by atoms with Crippen molar-refractivity contribution in [1.29, 1.82) is 0 Å². The number of fused-ring (bicyclic) bond motifs is 2. The molecule has 4 heteroatoms. The van der Waals surface area contributed by atoms with Crippen LogP contribution >= 0.6 is 0 Å². The molecule has 0 bridgehead atoms. The predicted molar refractivity (Wildman–Crippen MR) is 109 cm³/mol. The molecule has 2 aliphatic rings. The van der Waals surface area contributed by atoms with Crippen LogP contribution in [0.15, 0.2) is 24.3 Å². The molecule has 148 valence electrons. The minimum Gasteiger partial charge on any atom is -0.451 e. The lowest BCUT2D eigenvalue weighted by molar-refractivity contribution is -0.129. The van der Waals surface area contributed by atoms with Crippen LogP contribution in [0, 0.1) is 11.3 Å².